The van der Waals surface area contributed by atoms with Crippen molar-refractivity contribution < 1.29 is 22.6 Å². The molecule has 0 aliphatic rings. The van der Waals surface area contributed by atoms with Gasteiger partial charge in [-0.25, -0.2) is 0 Å². The molecule has 0 unspecified atom stereocenters. The largest absolute Gasteiger partial charge is 0.573 e. The molecule has 2 nitrogen and oxygen atoms in total. The molecule has 5 heteroatoms. The zero-order chi connectivity index (χ0) is 10.6. The molecule has 0 amide bonds. The number of benzene rings is 1. The van der Waals surface area contributed by atoms with Crippen molar-refractivity contribution in [3.63, 3.8) is 0 Å². The van der Waals surface area contributed by atoms with Gasteiger partial charge in [-0.05, 0) is 18.2 Å². The van der Waals surface area contributed by atoms with Gasteiger partial charge < -0.3 is 9.47 Å². The highest BCUT2D eigenvalue weighted by Gasteiger charge is 2.31. The molecule has 1 radical (unpaired) electrons. The van der Waals surface area contributed by atoms with E-state index in [4.69, 9.17) is 4.74 Å². The minimum absolute atomic E-state index is 0.0583. The van der Waals surface area contributed by atoms with Gasteiger partial charge in [-0.2, -0.15) is 0 Å². The Morgan fingerprint density at radius 1 is 1.43 bits per heavy atom. The van der Waals surface area contributed by atoms with Gasteiger partial charge in [0, 0.05) is 12.7 Å². The third kappa shape index (κ3) is 3.26. The summed E-state index contributed by atoms with van der Waals surface area (Å²) in [4.78, 5) is 0. The Morgan fingerprint density at radius 2 is 2.14 bits per heavy atom. The molecule has 77 valence electrons. The van der Waals surface area contributed by atoms with Gasteiger partial charge in [-0.1, -0.05) is 6.07 Å². The molecule has 1 aromatic carbocycles. The van der Waals surface area contributed by atoms with Gasteiger partial charge in [0.2, 0.25) is 0 Å². The Labute approximate surface area is 79.2 Å². The maximum absolute atomic E-state index is 11.9. The van der Waals surface area contributed by atoms with Crippen molar-refractivity contribution in [2.45, 2.75) is 13.0 Å². The minimum atomic E-state index is -4.68. The van der Waals surface area contributed by atoms with Crippen LogP contribution in [0.2, 0.25) is 0 Å². The van der Waals surface area contributed by atoms with E-state index in [1.807, 2.05) is 0 Å². The first-order chi connectivity index (χ1) is 6.53. The lowest BCUT2D eigenvalue weighted by atomic mass is 10.2. The molecule has 14 heavy (non-hydrogen) atoms. The average Bonchev–Trinajstić information content (AvgIpc) is 2.06. The first-order valence-corrected chi connectivity index (χ1v) is 3.76. The van der Waals surface area contributed by atoms with Crippen molar-refractivity contribution in [2.24, 2.45) is 0 Å². The fourth-order valence-electron chi connectivity index (χ4n) is 0.943. The Morgan fingerprint density at radius 3 is 2.71 bits per heavy atom. The second-order valence-corrected chi connectivity index (χ2v) is 2.51. The molecule has 0 saturated heterocycles. The molecule has 1 rings (SSSR count). The van der Waals surface area contributed by atoms with Crippen LogP contribution in [0.15, 0.2) is 18.2 Å². The Balaban J connectivity index is 2.84. The number of halogens is 3. The van der Waals surface area contributed by atoms with E-state index >= 15 is 0 Å². The standard InChI is InChI=1S/C9H8F3O2/c1-13-6-7-4-2-3-5-8(7)14-9(10,11)12/h3-5H,6H2,1H3. The summed E-state index contributed by atoms with van der Waals surface area (Å²) < 4.78 is 44.2. The molecule has 0 spiro atoms. The van der Waals surface area contributed by atoms with Crippen LogP contribution in [0.1, 0.15) is 5.56 Å². The van der Waals surface area contributed by atoms with Crippen LogP contribution < -0.4 is 4.74 Å². The lowest BCUT2D eigenvalue weighted by Gasteiger charge is -2.12. The summed E-state index contributed by atoms with van der Waals surface area (Å²) in [5.41, 5.74) is 0.312. The van der Waals surface area contributed by atoms with Crippen molar-refractivity contribution in [2.75, 3.05) is 7.11 Å². The SMILES string of the molecule is COCc1c[c]ccc1OC(F)(F)F. The molecule has 0 fully saturated rings. The summed E-state index contributed by atoms with van der Waals surface area (Å²) in [7, 11) is 1.39. The van der Waals surface area contributed by atoms with E-state index in [1.54, 1.807) is 0 Å². The van der Waals surface area contributed by atoms with Gasteiger partial charge in [0.05, 0.1) is 6.61 Å². The van der Waals surface area contributed by atoms with Crippen LogP contribution in [0.3, 0.4) is 0 Å². The highest BCUT2D eigenvalue weighted by atomic mass is 19.4. The number of alkyl halides is 3. The number of ether oxygens (including phenoxy) is 2. The second-order valence-electron chi connectivity index (χ2n) is 2.51. The van der Waals surface area contributed by atoms with Gasteiger partial charge in [-0.3, -0.25) is 0 Å². The zero-order valence-corrected chi connectivity index (χ0v) is 7.39. The summed E-state index contributed by atoms with van der Waals surface area (Å²) in [6, 6.07) is 6.58. The summed E-state index contributed by atoms with van der Waals surface area (Å²) in [5, 5.41) is 0. The van der Waals surface area contributed by atoms with Gasteiger partial charge in [0.25, 0.3) is 0 Å². The van der Waals surface area contributed by atoms with Crippen LogP contribution >= 0.6 is 0 Å². The zero-order valence-electron chi connectivity index (χ0n) is 7.39. The van der Waals surface area contributed by atoms with E-state index in [2.05, 4.69) is 10.8 Å². The van der Waals surface area contributed by atoms with E-state index in [0.717, 1.165) is 0 Å². The van der Waals surface area contributed by atoms with Crippen molar-refractivity contribution in [3.05, 3.63) is 29.8 Å². The molecule has 0 aromatic heterocycles. The molecule has 0 heterocycles. The lowest BCUT2D eigenvalue weighted by Crippen LogP contribution is -2.18. The van der Waals surface area contributed by atoms with Crippen molar-refractivity contribution in [1.29, 1.82) is 0 Å². The summed E-state index contributed by atoms with van der Waals surface area (Å²) >= 11 is 0. The maximum Gasteiger partial charge on any atom is 0.573 e. The predicted octanol–water partition coefficient (Wildman–Crippen LogP) is 2.53. The van der Waals surface area contributed by atoms with Crippen molar-refractivity contribution in [3.8, 4) is 5.75 Å². The third-order valence-electron chi connectivity index (χ3n) is 1.43. The molecular weight excluding hydrogens is 197 g/mol. The van der Waals surface area contributed by atoms with Gasteiger partial charge in [0.15, 0.2) is 0 Å². The van der Waals surface area contributed by atoms with Crippen molar-refractivity contribution in [1.82, 2.24) is 0 Å². The average molecular weight is 205 g/mol. The first-order valence-electron chi connectivity index (χ1n) is 3.76. The molecule has 0 aliphatic heterocycles. The third-order valence-corrected chi connectivity index (χ3v) is 1.43. The maximum atomic E-state index is 11.9. The van der Waals surface area contributed by atoms with Gasteiger partial charge in [-0.15, -0.1) is 13.2 Å². The van der Waals surface area contributed by atoms with E-state index in [1.165, 1.54) is 25.3 Å². The lowest BCUT2D eigenvalue weighted by molar-refractivity contribution is -0.275. The second kappa shape index (κ2) is 4.32. The first kappa shape index (κ1) is 10.8. The number of hydrogen-bond donors (Lipinski definition) is 0. The molecule has 0 atom stereocenters. The summed E-state index contributed by atoms with van der Waals surface area (Å²) in [6.07, 6.45) is -4.68. The van der Waals surface area contributed by atoms with Crippen LogP contribution in [0.4, 0.5) is 13.2 Å². The van der Waals surface area contributed by atoms with Crippen LogP contribution in [-0.2, 0) is 11.3 Å². The molecule has 1 aromatic rings. The molecular formula is C9H8F3O2. The van der Waals surface area contributed by atoms with Crippen LogP contribution in [0.25, 0.3) is 0 Å². The van der Waals surface area contributed by atoms with E-state index in [-0.39, 0.29) is 12.4 Å². The van der Waals surface area contributed by atoms with Crippen LogP contribution in [0, 0.1) is 6.07 Å². The minimum Gasteiger partial charge on any atom is -0.405 e. The highest BCUT2D eigenvalue weighted by Crippen LogP contribution is 2.26. The fraction of sp³-hybridized carbons (Fsp3) is 0.333. The van der Waals surface area contributed by atoms with Crippen LogP contribution in [-0.4, -0.2) is 13.5 Å². The molecule has 0 saturated carbocycles. The van der Waals surface area contributed by atoms with Gasteiger partial charge >= 0.3 is 6.36 Å². The fourth-order valence-corrected chi connectivity index (χ4v) is 0.943. The smallest absolute Gasteiger partial charge is 0.405 e. The molecule has 0 N–H and O–H groups in total. The number of hydrogen-bond acceptors (Lipinski definition) is 2. The summed E-state index contributed by atoms with van der Waals surface area (Å²) in [6.45, 7) is 0.0583. The monoisotopic (exact) mass is 205 g/mol. The van der Waals surface area contributed by atoms with E-state index in [0.29, 0.717) is 5.56 Å². The summed E-state index contributed by atoms with van der Waals surface area (Å²) in [5.74, 6) is -0.252. The van der Waals surface area contributed by atoms with Gasteiger partial charge in [0.1, 0.15) is 5.75 Å². The normalized spacial score (nSPS) is 11.4. The quantitative estimate of drug-likeness (QED) is 0.754. The predicted molar refractivity (Wildman–Crippen MR) is 42.7 cm³/mol. The number of methoxy groups -OCH3 is 1. The molecule has 0 aliphatic carbocycles. The Bertz CT molecular complexity index is 296. The topological polar surface area (TPSA) is 18.5 Å². The number of rotatable bonds is 3. The van der Waals surface area contributed by atoms with Crippen molar-refractivity contribution >= 4 is 0 Å². The molecule has 0 bridgehead atoms. The highest BCUT2D eigenvalue weighted by molar-refractivity contribution is 5.32. The van der Waals surface area contributed by atoms with E-state index < -0.39 is 6.36 Å². The Kier molecular flexibility index (Phi) is 3.35. The van der Waals surface area contributed by atoms with Crippen LogP contribution in [0.5, 0.6) is 5.75 Å². The van der Waals surface area contributed by atoms with E-state index in [9.17, 15) is 13.2 Å². The Hall–Kier alpha value is -1.23.